The highest BCUT2D eigenvalue weighted by Crippen LogP contribution is 2.21. The van der Waals surface area contributed by atoms with Gasteiger partial charge in [-0.1, -0.05) is 30.3 Å². The highest BCUT2D eigenvalue weighted by atomic mass is 32.2. The molecule has 0 saturated carbocycles. The van der Waals surface area contributed by atoms with Crippen molar-refractivity contribution in [2.75, 3.05) is 6.61 Å². The van der Waals surface area contributed by atoms with Crippen molar-refractivity contribution < 1.29 is 13.6 Å². The van der Waals surface area contributed by atoms with Gasteiger partial charge in [0.25, 0.3) is 0 Å². The van der Waals surface area contributed by atoms with Crippen molar-refractivity contribution in [3.63, 3.8) is 0 Å². The first kappa shape index (κ1) is 11.3. The van der Waals surface area contributed by atoms with Gasteiger partial charge in [-0.15, -0.1) is 0 Å². The molecule has 2 atom stereocenters. The summed E-state index contributed by atoms with van der Waals surface area (Å²) in [6.45, 7) is 0.230. The minimum Gasteiger partial charge on any atom is -0.772 e. The summed E-state index contributed by atoms with van der Waals surface area (Å²) in [4.78, 5) is 4.37. The zero-order valence-corrected chi connectivity index (χ0v) is 8.41. The summed E-state index contributed by atoms with van der Waals surface area (Å²) in [5.74, 6) is 4.85. The molecule has 0 radical (unpaired) electrons. The first-order valence-electron chi connectivity index (χ1n) is 4.20. The number of hydrogen-bond donors (Lipinski definition) is 1. The lowest BCUT2D eigenvalue weighted by molar-refractivity contribution is 0.134. The van der Waals surface area contributed by atoms with E-state index in [1.165, 1.54) is 0 Å². The Hall–Kier alpha value is -0.750. The molecule has 1 aromatic carbocycles. The van der Waals surface area contributed by atoms with Gasteiger partial charge in [-0.2, -0.15) is 0 Å². The zero-order chi connectivity index (χ0) is 10.4. The van der Waals surface area contributed by atoms with Gasteiger partial charge in [0.15, 0.2) is 0 Å². The van der Waals surface area contributed by atoms with Crippen LogP contribution in [0, 0.1) is 0 Å². The molecule has 0 amide bonds. The van der Waals surface area contributed by atoms with Crippen molar-refractivity contribution in [2.45, 2.75) is 11.7 Å². The number of rotatable bonds is 5. The van der Waals surface area contributed by atoms with Crippen molar-refractivity contribution in [2.24, 2.45) is 5.90 Å². The lowest BCUT2D eigenvalue weighted by atomic mass is 10.1. The molecule has 0 aliphatic rings. The van der Waals surface area contributed by atoms with Crippen molar-refractivity contribution in [3.05, 3.63) is 35.9 Å². The molecule has 0 bridgehead atoms. The molecule has 0 aromatic heterocycles. The molecule has 0 spiro atoms. The third kappa shape index (κ3) is 3.19. The summed E-state index contributed by atoms with van der Waals surface area (Å²) in [7, 11) is 0. The van der Waals surface area contributed by atoms with Crippen LogP contribution in [0.4, 0.5) is 0 Å². The first-order chi connectivity index (χ1) is 6.75. The zero-order valence-electron chi connectivity index (χ0n) is 7.59. The Kier molecular flexibility index (Phi) is 4.75. The second-order valence-corrected chi connectivity index (χ2v) is 3.91. The molecule has 2 N–H and O–H groups in total. The van der Waals surface area contributed by atoms with Gasteiger partial charge in [0, 0.05) is 5.25 Å². The molecule has 0 saturated heterocycles. The van der Waals surface area contributed by atoms with E-state index in [9.17, 15) is 8.76 Å². The molecule has 0 fully saturated rings. The largest absolute Gasteiger partial charge is 0.772 e. The monoisotopic (exact) mass is 214 g/mol. The maximum Gasteiger partial charge on any atom is 0.0693 e. The minimum absolute atomic E-state index is 0.230. The Morgan fingerprint density at radius 1 is 1.43 bits per heavy atom. The van der Waals surface area contributed by atoms with E-state index in [0.29, 0.717) is 6.42 Å². The third-order valence-electron chi connectivity index (χ3n) is 1.90. The van der Waals surface area contributed by atoms with Gasteiger partial charge in [0.2, 0.25) is 0 Å². The fourth-order valence-electron chi connectivity index (χ4n) is 1.22. The molecule has 0 aliphatic carbocycles. The lowest BCUT2D eigenvalue weighted by Gasteiger charge is -2.19. The van der Waals surface area contributed by atoms with Gasteiger partial charge >= 0.3 is 0 Å². The molecule has 4 nitrogen and oxygen atoms in total. The average Bonchev–Trinajstić information content (AvgIpc) is 2.19. The van der Waals surface area contributed by atoms with E-state index < -0.39 is 16.3 Å². The van der Waals surface area contributed by atoms with Crippen LogP contribution < -0.4 is 5.90 Å². The van der Waals surface area contributed by atoms with Crippen molar-refractivity contribution in [3.8, 4) is 0 Å². The summed E-state index contributed by atoms with van der Waals surface area (Å²) in [5, 5.41) is -0.542. The predicted molar refractivity (Wildman–Crippen MR) is 52.9 cm³/mol. The first-order valence-corrected chi connectivity index (χ1v) is 5.34. The van der Waals surface area contributed by atoms with Crippen LogP contribution in [0.1, 0.15) is 17.2 Å². The molecule has 78 valence electrons. The number of nitrogens with two attached hydrogens (primary N) is 1. The second-order valence-electron chi connectivity index (χ2n) is 2.82. The summed E-state index contributed by atoms with van der Waals surface area (Å²) in [5.41, 5.74) is 0.762. The maximum atomic E-state index is 10.9. The van der Waals surface area contributed by atoms with Crippen LogP contribution in [0.15, 0.2) is 30.3 Å². The Morgan fingerprint density at radius 3 is 2.57 bits per heavy atom. The van der Waals surface area contributed by atoms with Crippen LogP contribution >= 0.6 is 0 Å². The molecular weight excluding hydrogens is 202 g/mol. The summed E-state index contributed by atoms with van der Waals surface area (Å²) in [6.07, 6.45) is 0.372. The molecule has 1 rings (SSSR count). The Balaban J connectivity index is 2.73. The van der Waals surface area contributed by atoms with Gasteiger partial charge in [-0.3, -0.25) is 4.21 Å². The highest BCUT2D eigenvalue weighted by Gasteiger charge is 2.11. The van der Waals surface area contributed by atoms with Crippen molar-refractivity contribution in [1.29, 1.82) is 0 Å². The standard InChI is InChI=1S/C9H13NO3S/c10-13-7-6-9(14(11)12)8-4-2-1-3-5-8/h1-5,9H,6-7,10H2,(H,11,12)/p-1/t9-/m1/s1. The second kappa shape index (κ2) is 5.87. The molecule has 1 unspecified atom stereocenters. The van der Waals surface area contributed by atoms with Gasteiger partial charge in [0.1, 0.15) is 0 Å². The Labute approximate surface area is 85.3 Å². The van der Waals surface area contributed by atoms with Crippen LogP contribution in [0.2, 0.25) is 0 Å². The van der Waals surface area contributed by atoms with E-state index in [1.54, 1.807) is 24.3 Å². The quantitative estimate of drug-likeness (QED) is 0.583. The fourth-order valence-corrected chi connectivity index (χ4v) is 1.88. The van der Waals surface area contributed by atoms with E-state index in [-0.39, 0.29) is 6.61 Å². The Morgan fingerprint density at radius 2 is 2.07 bits per heavy atom. The van der Waals surface area contributed by atoms with E-state index in [2.05, 4.69) is 4.84 Å². The van der Waals surface area contributed by atoms with E-state index in [4.69, 9.17) is 5.90 Å². The number of benzene rings is 1. The van der Waals surface area contributed by atoms with E-state index in [1.807, 2.05) is 6.07 Å². The molecule has 0 heterocycles. The molecule has 14 heavy (non-hydrogen) atoms. The summed E-state index contributed by atoms with van der Waals surface area (Å²) in [6, 6.07) is 9.00. The summed E-state index contributed by atoms with van der Waals surface area (Å²) >= 11 is -2.14. The topological polar surface area (TPSA) is 75.4 Å². The maximum absolute atomic E-state index is 10.9. The normalized spacial score (nSPS) is 15.0. The minimum atomic E-state index is -2.14. The third-order valence-corrected chi connectivity index (χ3v) is 2.87. The van der Waals surface area contributed by atoms with Gasteiger partial charge in [-0.05, 0) is 23.1 Å². The predicted octanol–water partition coefficient (Wildman–Crippen LogP) is 0.887. The van der Waals surface area contributed by atoms with Crippen LogP contribution in [0.3, 0.4) is 0 Å². The average molecular weight is 214 g/mol. The van der Waals surface area contributed by atoms with Crippen molar-refractivity contribution >= 4 is 11.1 Å². The van der Waals surface area contributed by atoms with Crippen LogP contribution in [-0.2, 0) is 15.9 Å². The van der Waals surface area contributed by atoms with Gasteiger partial charge in [0.05, 0.1) is 6.61 Å². The van der Waals surface area contributed by atoms with Gasteiger partial charge < -0.3 is 9.39 Å². The fraction of sp³-hybridized carbons (Fsp3) is 0.333. The lowest BCUT2D eigenvalue weighted by Crippen LogP contribution is -2.11. The van der Waals surface area contributed by atoms with Crippen LogP contribution in [0.25, 0.3) is 0 Å². The molecule has 1 aromatic rings. The van der Waals surface area contributed by atoms with E-state index >= 15 is 0 Å². The van der Waals surface area contributed by atoms with Crippen LogP contribution in [0.5, 0.6) is 0 Å². The van der Waals surface area contributed by atoms with Gasteiger partial charge in [-0.25, -0.2) is 5.90 Å². The Bertz CT molecular complexity index is 291. The van der Waals surface area contributed by atoms with Crippen molar-refractivity contribution in [1.82, 2.24) is 0 Å². The SMILES string of the molecule is NOCC[C@H](c1ccccc1)S(=O)[O-]. The highest BCUT2D eigenvalue weighted by molar-refractivity contribution is 7.79. The van der Waals surface area contributed by atoms with Crippen LogP contribution in [-0.4, -0.2) is 15.4 Å². The summed E-state index contributed by atoms with van der Waals surface area (Å²) < 4.78 is 21.8. The number of hydrogen-bond acceptors (Lipinski definition) is 4. The molecular formula is C9H12NO3S-. The van der Waals surface area contributed by atoms with E-state index in [0.717, 1.165) is 5.56 Å². The molecule has 0 aliphatic heterocycles. The smallest absolute Gasteiger partial charge is 0.0693 e. The molecule has 5 heteroatoms.